The maximum Gasteiger partial charge on any atom is 0.0266 e. The first kappa shape index (κ1) is 8.27. The van der Waals surface area contributed by atoms with Crippen molar-refractivity contribution in [3.05, 3.63) is 48.0 Å². The minimum atomic E-state index is 0.105. The summed E-state index contributed by atoms with van der Waals surface area (Å²) in [6.07, 6.45) is 0. The number of nitrogens with two attached hydrogens (primary N) is 1. The third-order valence-corrected chi connectivity index (χ3v) is 2.23. The van der Waals surface area contributed by atoms with Crippen molar-refractivity contribution in [1.82, 2.24) is 0 Å². The lowest BCUT2D eigenvalue weighted by Crippen LogP contribution is -2.04. The second kappa shape index (κ2) is 3.19. The van der Waals surface area contributed by atoms with Crippen LogP contribution in [0.3, 0.4) is 0 Å². The molecule has 2 aromatic rings. The third-order valence-electron chi connectivity index (χ3n) is 2.23. The predicted octanol–water partition coefficient (Wildman–Crippen LogP) is 2.66. The molecule has 0 heterocycles. The molecule has 0 aliphatic heterocycles. The van der Waals surface area contributed by atoms with Gasteiger partial charge in [0.1, 0.15) is 0 Å². The van der Waals surface area contributed by atoms with Crippen LogP contribution < -0.4 is 5.73 Å². The van der Waals surface area contributed by atoms with Crippen molar-refractivity contribution in [2.75, 3.05) is 0 Å². The van der Waals surface area contributed by atoms with Crippen molar-refractivity contribution in [2.24, 2.45) is 5.73 Å². The largest absolute Gasteiger partial charge is 0.324 e. The summed E-state index contributed by atoms with van der Waals surface area (Å²) in [5.41, 5.74) is 6.98. The number of hydrogen-bond acceptors (Lipinski definition) is 1. The van der Waals surface area contributed by atoms with Gasteiger partial charge in [0.25, 0.3) is 0 Å². The molecule has 1 nitrogen and oxygen atoms in total. The Labute approximate surface area is 78.2 Å². The second-order valence-electron chi connectivity index (χ2n) is 3.32. The van der Waals surface area contributed by atoms with Gasteiger partial charge in [-0.1, -0.05) is 24.3 Å². The summed E-state index contributed by atoms with van der Waals surface area (Å²) < 4.78 is 0. The smallest absolute Gasteiger partial charge is 0.0266 e. The number of rotatable bonds is 1. The Morgan fingerprint density at radius 3 is 2.85 bits per heavy atom. The fourth-order valence-corrected chi connectivity index (χ4v) is 1.43. The van der Waals surface area contributed by atoms with Gasteiger partial charge in [0, 0.05) is 6.04 Å². The van der Waals surface area contributed by atoms with Crippen LogP contribution in [0.1, 0.15) is 18.5 Å². The summed E-state index contributed by atoms with van der Waals surface area (Å²) in [7, 11) is 0. The van der Waals surface area contributed by atoms with E-state index in [0.717, 1.165) is 0 Å². The van der Waals surface area contributed by atoms with Gasteiger partial charge in [-0.05, 0) is 41.5 Å². The first-order valence-corrected chi connectivity index (χ1v) is 4.43. The molecule has 1 atom stereocenters. The molecule has 1 radical (unpaired) electrons. The molecule has 0 fully saturated rings. The predicted molar refractivity (Wildman–Crippen MR) is 55.4 cm³/mol. The molecule has 0 saturated carbocycles. The molecule has 0 bridgehead atoms. The SMILES string of the molecule is CC(N)c1ccc2c[c]ccc2c1. The van der Waals surface area contributed by atoms with E-state index in [1.54, 1.807) is 0 Å². The van der Waals surface area contributed by atoms with Crippen molar-refractivity contribution in [3.8, 4) is 0 Å². The Kier molecular flexibility index (Phi) is 2.03. The monoisotopic (exact) mass is 170 g/mol. The zero-order valence-corrected chi connectivity index (χ0v) is 7.62. The molecule has 2 rings (SSSR count). The van der Waals surface area contributed by atoms with Gasteiger partial charge in [-0.2, -0.15) is 0 Å². The first-order chi connectivity index (χ1) is 6.27. The molecule has 65 valence electrons. The average molecular weight is 170 g/mol. The highest BCUT2D eigenvalue weighted by Crippen LogP contribution is 2.18. The maximum atomic E-state index is 5.80. The molecule has 0 aromatic heterocycles. The van der Waals surface area contributed by atoms with Gasteiger partial charge in [-0.25, -0.2) is 0 Å². The molecule has 0 saturated heterocycles. The molecule has 0 aliphatic carbocycles. The molecule has 13 heavy (non-hydrogen) atoms. The zero-order valence-electron chi connectivity index (χ0n) is 7.62. The lowest BCUT2D eigenvalue weighted by Gasteiger charge is -2.06. The zero-order chi connectivity index (χ0) is 9.26. The van der Waals surface area contributed by atoms with E-state index in [-0.39, 0.29) is 6.04 Å². The van der Waals surface area contributed by atoms with Crippen LogP contribution in [0.2, 0.25) is 0 Å². The molecule has 2 N–H and O–H groups in total. The molecule has 0 aliphatic rings. The van der Waals surface area contributed by atoms with Gasteiger partial charge in [0.05, 0.1) is 0 Å². The molecular formula is C12H12N. The second-order valence-corrected chi connectivity index (χ2v) is 3.32. The fourth-order valence-electron chi connectivity index (χ4n) is 1.43. The van der Waals surface area contributed by atoms with Crippen LogP contribution in [0.15, 0.2) is 36.4 Å². The van der Waals surface area contributed by atoms with E-state index in [1.165, 1.54) is 16.3 Å². The van der Waals surface area contributed by atoms with E-state index >= 15 is 0 Å². The Hall–Kier alpha value is -1.34. The van der Waals surface area contributed by atoms with Crippen LogP contribution in [0.25, 0.3) is 10.8 Å². The topological polar surface area (TPSA) is 26.0 Å². The Morgan fingerprint density at radius 1 is 1.23 bits per heavy atom. The van der Waals surface area contributed by atoms with Gasteiger partial charge in [0.15, 0.2) is 0 Å². The van der Waals surface area contributed by atoms with Gasteiger partial charge in [0.2, 0.25) is 0 Å². The standard InChI is InChI=1S/C12H12N/c1-9(13)11-7-6-10-4-2-3-5-12(10)8-11/h3-9H,13H2,1H3. The van der Waals surface area contributed by atoms with Crippen LogP contribution >= 0.6 is 0 Å². The number of benzene rings is 2. The minimum Gasteiger partial charge on any atom is -0.324 e. The molecule has 0 spiro atoms. The van der Waals surface area contributed by atoms with Crippen LogP contribution in [-0.4, -0.2) is 0 Å². The highest BCUT2D eigenvalue weighted by Gasteiger charge is 1.99. The summed E-state index contributed by atoms with van der Waals surface area (Å²) in [5.74, 6) is 0. The van der Waals surface area contributed by atoms with Gasteiger partial charge >= 0.3 is 0 Å². The number of hydrogen-bond donors (Lipinski definition) is 1. The van der Waals surface area contributed by atoms with Crippen LogP contribution in [-0.2, 0) is 0 Å². The summed E-state index contributed by atoms with van der Waals surface area (Å²) >= 11 is 0. The Bertz CT molecular complexity index is 418. The normalized spacial score (nSPS) is 13.1. The lowest BCUT2D eigenvalue weighted by molar-refractivity contribution is 0.820. The quantitative estimate of drug-likeness (QED) is 0.699. The van der Waals surface area contributed by atoms with Crippen molar-refractivity contribution in [3.63, 3.8) is 0 Å². The van der Waals surface area contributed by atoms with E-state index < -0.39 is 0 Å². The summed E-state index contributed by atoms with van der Waals surface area (Å²) in [6.45, 7) is 2.00. The van der Waals surface area contributed by atoms with Crippen LogP contribution in [0.4, 0.5) is 0 Å². The summed E-state index contributed by atoms with van der Waals surface area (Å²) in [6, 6.07) is 15.4. The molecule has 1 heteroatoms. The van der Waals surface area contributed by atoms with E-state index in [9.17, 15) is 0 Å². The molecular weight excluding hydrogens is 158 g/mol. The van der Waals surface area contributed by atoms with E-state index in [2.05, 4.69) is 30.3 Å². The third kappa shape index (κ3) is 1.56. The van der Waals surface area contributed by atoms with E-state index in [0.29, 0.717) is 0 Å². The molecule has 1 unspecified atom stereocenters. The van der Waals surface area contributed by atoms with Crippen molar-refractivity contribution in [2.45, 2.75) is 13.0 Å². The maximum absolute atomic E-state index is 5.80. The van der Waals surface area contributed by atoms with E-state index in [4.69, 9.17) is 5.73 Å². The Morgan fingerprint density at radius 2 is 2.08 bits per heavy atom. The van der Waals surface area contributed by atoms with Crippen molar-refractivity contribution in [1.29, 1.82) is 0 Å². The summed E-state index contributed by atoms with van der Waals surface area (Å²) in [4.78, 5) is 0. The highest BCUT2D eigenvalue weighted by molar-refractivity contribution is 5.82. The van der Waals surface area contributed by atoms with Crippen LogP contribution in [0.5, 0.6) is 0 Å². The van der Waals surface area contributed by atoms with Gasteiger partial charge in [-0.3, -0.25) is 0 Å². The average Bonchev–Trinajstić information content (AvgIpc) is 2.17. The van der Waals surface area contributed by atoms with Gasteiger partial charge < -0.3 is 5.73 Å². The van der Waals surface area contributed by atoms with Crippen LogP contribution in [0, 0.1) is 6.07 Å². The fraction of sp³-hybridized carbons (Fsp3) is 0.167. The molecule has 2 aromatic carbocycles. The Balaban J connectivity index is 2.62. The van der Waals surface area contributed by atoms with Crippen molar-refractivity contribution >= 4 is 10.8 Å². The van der Waals surface area contributed by atoms with Gasteiger partial charge in [-0.15, -0.1) is 0 Å². The highest BCUT2D eigenvalue weighted by atomic mass is 14.6. The number of fused-ring (bicyclic) bond motifs is 1. The summed E-state index contributed by atoms with van der Waals surface area (Å²) in [5, 5.41) is 2.44. The van der Waals surface area contributed by atoms with Crippen molar-refractivity contribution < 1.29 is 0 Å². The lowest BCUT2D eigenvalue weighted by atomic mass is 10.0. The first-order valence-electron chi connectivity index (χ1n) is 4.43. The molecule has 0 amide bonds. The van der Waals surface area contributed by atoms with E-state index in [1.807, 2.05) is 19.1 Å². The minimum absolute atomic E-state index is 0.105.